The molecule has 0 aliphatic carbocycles. The van der Waals surface area contributed by atoms with Gasteiger partial charge in [0.1, 0.15) is 0 Å². The Balaban J connectivity index is 1.96. The van der Waals surface area contributed by atoms with Crippen LogP contribution in [0.5, 0.6) is 0 Å². The van der Waals surface area contributed by atoms with Gasteiger partial charge in [-0.15, -0.1) is 0 Å². The Morgan fingerprint density at radius 3 is 3.31 bits per heavy atom. The van der Waals surface area contributed by atoms with Crippen molar-refractivity contribution in [2.24, 2.45) is 0 Å². The molecule has 0 aromatic carbocycles. The molecule has 16 heavy (non-hydrogen) atoms. The fourth-order valence-electron chi connectivity index (χ4n) is 1.74. The summed E-state index contributed by atoms with van der Waals surface area (Å²) in [6, 6.07) is 1.57. The van der Waals surface area contributed by atoms with E-state index in [-0.39, 0.29) is 17.8 Å². The van der Waals surface area contributed by atoms with Crippen molar-refractivity contribution in [1.29, 1.82) is 0 Å². The zero-order valence-corrected chi connectivity index (χ0v) is 9.18. The van der Waals surface area contributed by atoms with Crippen LogP contribution in [0.1, 0.15) is 10.6 Å². The molecule has 1 atom stereocenters. The molecular weight excluding hydrogens is 210 g/mol. The zero-order chi connectivity index (χ0) is 11.4. The molecule has 0 bridgehead atoms. The van der Waals surface area contributed by atoms with Crippen molar-refractivity contribution in [3.8, 4) is 0 Å². The number of nitrogens with one attached hydrogen (secondary N) is 1. The van der Waals surface area contributed by atoms with Crippen molar-refractivity contribution in [2.75, 3.05) is 33.3 Å². The standard InChI is InChI=1S/C10H15N3O3/c1-11-6-8-7-13(4-5-15-8)10(14)9-2-3-12-16-9/h2-3,8,11H,4-7H2,1H3. The highest BCUT2D eigenvalue weighted by atomic mass is 16.5. The molecule has 6 nitrogen and oxygen atoms in total. The Labute approximate surface area is 93.5 Å². The molecule has 1 aromatic rings. The molecule has 1 unspecified atom stereocenters. The number of aromatic nitrogens is 1. The molecule has 0 saturated carbocycles. The summed E-state index contributed by atoms with van der Waals surface area (Å²) in [7, 11) is 1.86. The summed E-state index contributed by atoms with van der Waals surface area (Å²) in [6.45, 7) is 2.48. The van der Waals surface area contributed by atoms with E-state index in [1.54, 1.807) is 11.0 Å². The van der Waals surface area contributed by atoms with E-state index in [9.17, 15) is 4.79 Å². The van der Waals surface area contributed by atoms with E-state index in [0.29, 0.717) is 19.7 Å². The number of rotatable bonds is 3. The van der Waals surface area contributed by atoms with Crippen LogP contribution in [0.25, 0.3) is 0 Å². The number of ether oxygens (including phenoxy) is 1. The maximum absolute atomic E-state index is 11.9. The largest absolute Gasteiger partial charge is 0.373 e. The molecule has 1 aromatic heterocycles. The van der Waals surface area contributed by atoms with Crippen LogP contribution in [0.2, 0.25) is 0 Å². The van der Waals surface area contributed by atoms with Crippen LogP contribution in [-0.4, -0.2) is 55.4 Å². The average molecular weight is 225 g/mol. The van der Waals surface area contributed by atoms with Gasteiger partial charge < -0.3 is 19.5 Å². The number of morpholine rings is 1. The van der Waals surface area contributed by atoms with Gasteiger partial charge in [0, 0.05) is 25.7 Å². The third-order valence-corrected chi connectivity index (χ3v) is 2.51. The lowest BCUT2D eigenvalue weighted by Gasteiger charge is -2.32. The van der Waals surface area contributed by atoms with Gasteiger partial charge in [-0.05, 0) is 7.05 Å². The molecule has 1 N–H and O–H groups in total. The van der Waals surface area contributed by atoms with Crippen LogP contribution in [0.15, 0.2) is 16.8 Å². The van der Waals surface area contributed by atoms with Gasteiger partial charge in [0.05, 0.1) is 18.9 Å². The second kappa shape index (κ2) is 5.09. The molecule has 6 heteroatoms. The minimum atomic E-state index is -0.123. The van der Waals surface area contributed by atoms with E-state index in [0.717, 1.165) is 6.54 Å². The molecule has 1 fully saturated rings. The minimum absolute atomic E-state index is 0.0469. The van der Waals surface area contributed by atoms with Crippen molar-refractivity contribution in [2.45, 2.75) is 6.10 Å². The minimum Gasteiger partial charge on any atom is -0.373 e. The van der Waals surface area contributed by atoms with E-state index in [2.05, 4.69) is 10.5 Å². The van der Waals surface area contributed by atoms with Crippen LogP contribution >= 0.6 is 0 Å². The second-order valence-electron chi connectivity index (χ2n) is 3.68. The molecule has 0 spiro atoms. The summed E-state index contributed by atoms with van der Waals surface area (Å²) in [5, 5.41) is 6.56. The first-order chi connectivity index (χ1) is 7.81. The van der Waals surface area contributed by atoms with Gasteiger partial charge >= 0.3 is 0 Å². The summed E-state index contributed by atoms with van der Waals surface area (Å²) in [5.41, 5.74) is 0. The fourth-order valence-corrected chi connectivity index (χ4v) is 1.74. The monoisotopic (exact) mass is 225 g/mol. The summed E-state index contributed by atoms with van der Waals surface area (Å²) in [4.78, 5) is 13.7. The fraction of sp³-hybridized carbons (Fsp3) is 0.600. The van der Waals surface area contributed by atoms with Gasteiger partial charge in [-0.3, -0.25) is 4.79 Å². The van der Waals surface area contributed by atoms with Crippen LogP contribution < -0.4 is 5.32 Å². The van der Waals surface area contributed by atoms with Gasteiger partial charge in [-0.1, -0.05) is 5.16 Å². The Hall–Kier alpha value is -1.40. The highest BCUT2D eigenvalue weighted by molar-refractivity contribution is 5.91. The Kier molecular flexibility index (Phi) is 3.53. The maximum atomic E-state index is 11.9. The van der Waals surface area contributed by atoms with Crippen molar-refractivity contribution in [3.63, 3.8) is 0 Å². The molecule has 1 aliphatic rings. The lowest BCUT2D eigenvalue weighted by Crippen LogP contribution is -2.48. The van der Waals surface area contributed by atoms with Gasteiger partial charge in [-0.2, -0.15) is 0 Å². The molecule has 2 rings (SSSR count). The van der Waals surface area contributed by atoms with Crippen molar-refractivity contribution in [3.05, 3.63) is 18.0 Å². The highest BCUT2D eigenvalue weighted by Crippen LogP contribution is 2.09. The first-order valence-corrected chi connectivity index (χ1v) is 5.27. The van der Waals surface area contributed by atoms with E-state index in [1.165, 1.54) is 6.20 Å². The molecule has 1 amide bonds. The van der Waals surface area contributed by atoms with E-state index in [4.69, 9.17) is 9.26 Å². The summed E-state index contributed by atoms with van der Waals surface area (Å²) < 4.78 is 10.4. The van der Waals surface area contributed by atoms with Crippen LogP contribution in [0.3, 0.4) is 0 Å². The summed E-state index contributed by atoms with van der Waals surface area (Å²) >= 11 is 0. The molecule has 1 aliphatic heterocycles. The van der Waals surface area contributed by atoms with Gasteiger partial charge in [0.2, 0.25) is 5.76 Å². The predicted octanol–water partition coefficient (Wildman–Crippen LogP) is -0.265. The predicted molar refractivity (Wildman–Crippen MR) is 56.1 cm³/mol. The topological polar surface area (TPSA) is 67.6 Å². The summed E-state index contributed by atoms with van der Waals surface area (Å²) in [5.74, 6) is 0.159. The number of carbonyl (C=O) groups is 1. The number of carbonyl (C=O) groups excluding carboxylic acids is 1. The number of amides is 1. The molecule has 0 radical (unpaired) electrons. The van der Waals surface area contributed by atoms with E-state index in [1.807, 2.05) is 7.05 Å². The van der Waals surface area contributed by atoms with Gasteiger partial charge in [0.25, 0.3) is 5.91 Å². The number of hydrogen-bond acceptors (Lipinski definition) is 5. The van der Waals surface area contributed by atoms with Crippen molar-refractivity contribution in [1.82, 2.24) is 15.4 Å². The average Bonchev–Trinajstić information content (AvgIpc) is 2.82. The second-order valence-corrected chi connectivity index (χ2v) is 3.68. The quantitative estimate of drug-likeness (QED) is 0.767. The highest BCUT2D eigenvalue weighted by Gasteiger charge is 2.26. The van der Waals surface area contributed by atoms with Gasteiger partial charge in [-0.25, -0.2) is 0 Å². The molecule has 1 saturated heterocycles. The van der Waals surface area contributed by atoms with Crippen molar-refractivity contribution < 1.29 is 14.1 Å². The smallest absolute Gasteiger partial charge is 0.292 e. The van der Waals surface area contributed by atoms with E-state index < -0.39 is 0 Å². The number of hydrogen-bond donors (Lipinski definition) is 1. The van der Waals surface area contributed by atoms with E-state index >= 15 is 0 Å². The Bertz CT molecular complexity index is 337. The van der Waals surface area contributed by atoms with Crippen molar-refractivity contribution >= 4 is 5.91 Å². The Morgan fingerprint density at radius 2 is 2.62 bits per heavy atom. The maximum Gasteiger partial charge on any atom is 0.292 e. The first-order valence-electron chi connectivity index (χ1n) is 5.27. The Morgan fingerprint density at radius 1 is 1.75 bits per heavy atom. The molecule has 2 heterocycles. The van der Waals surface area contributed by atoms with Crippen LogP contribution in [0, 0.1) is 0 Å². The molecular formula is C10H15N3O3. The normalized spacial score (nSPS) is 21.1. The number of nitrogens with zero attached hydrogens (tertiary/aromatic N) is 2. The lowest BCUT2D eigenvalue weighted by atomic mass is 10.2. The third-order valence-electron chi connectivity index (χ3n) is 2.51. The van der Waals surface area contributed by atoms with Crippen LogP contribution in [0.4, 0.5) is 0 Å². The van der Waals surface area contributed by atoms with Crippen LogP contribution in [-0.2, 0) is 4.74 Å². The number of likely N-dealkylation sites (N-methyl/N-ethyl adjacent to an activating group) is 1. The lowest BCUT2D eigenvalue weighted by molar-refractivity contribution is -0.0208. The first kappa shape index (κ1) is 11.1. The zero-order valence-electron chi connectivity index (χ0n) is 9.18. The third kappa shape index (κ3) is 2.40. The molecule has 88 valence electrons. The summed E-state index contributed by atoms with van der Waals surface area (Å²) in [6.07, 6.45) is 1.52. The van der Waals surface area contributed by atoms with Gasteiger partial charge in [0.15, 0.2) is 0 Å². The SMILES string of the molecule is CNCC1CN(C(=O)c2ccno2)CCO1.